The van der Waals surface area contributed by atoms with Gasteiger partial charge < -0.3 is 0 Å². The molecule has 0 aromatic carbocycles. The third-order valence-corrected chi connectivity index (χ3v) is 1.36. The normalized spacial score (nSPS) is 11.4. The fourth-order valence-electron chi connectivity index (χ4n) is 0. The van der Waals surface area contributed by atoms with Crippen LogP contribution in [-0.4, -0.2) is 4.43 Å². The summed E-state index contributed by atoms with van der Waals surface area (Å²) < 4.78 is 22.0. The average Bonchev–Trinajstić information content (AvgIpc) is 1.38. The number of halogens is 3. The van der Waals surface area contributed by atoms with Gasteiger partial charge in [-0.15, -0.1) is 0 Å². The minimum absolute atomic E-state index is 0.129. The fourth-order valence-corrected chi connectivity index (χ4v) is 0. The molecule has 0 nitrogen and oxygen atoms in total. The molecule has 0 fully saturated rings. The van der Waals surface area contributed by atoms with E-state index in [4.69, 9.17) is 0 Å². The van der Waals surface area contributed by atoms with Crippen LogP contribution in [-0.2, 0) is 0 Å². The molecule has 0 saturated carbocycles. The molecular formula is C2H5F2I. The van der Waals surface area contributed by atoms with Crippen LogP contribution in [0.5, 0.6) is 0 Å². The van der Waals surface area contributed by atoms with Crippen LogP contribution in [0.2, 0.25) is 0 Å². The first-order valence-electron chi connectivity index (χ1n) is 1.26. The monoisotopic (exact) mass is 194 g/mol. The molecule has 0 atom stereocenters. The molecule has 0 saturated heterocycles. The first-order valence-corrected chi connectivity index (χ1v) is 4.42. The Hall–Kier alpha value is 0.590. The molecule has 0 heterocycles. The van der Waals surface area contributed by atoms with Gasteiger partial charge in [0.1, 0.15) is 0 Å². The molecule has 0 aliphatic heterocycles. The van der Waals surface area contributed by atoms with Gasteiger partial charge in [-0.05, 0) is 0 Å². The number of rotatable bonds is 1. The topological polar surface area (TPSA) is 0 Å². The van der Waals surface area contributed by atoms with Gasteiger partial charge in [0.15, 0.2) is 0 Å². The second-order valence-corrected chi connectivity index (χ2v) is 3.51. The van der Waals surface area contributed by atoms with Crippen LogP contribution in [0.4, 0.5) is 5.72 Å². The van der Waals surface area contributed by atoms with Gasteiger partial charge in [-0.1, -0.05) is 0 Å². The first kappa shape index (κ1) is 5.59. The molecule has 0 aliphatic carbocycles. The van der Waals surface area contributed by atoms with Crippen molar-refractivity contribution < 1.29 is 5.72 Å². The molecule has 0 unspecified atom stereocenters. The third kappa shape index (κ3) is 4.59. The van der Waals surface area contributed by atoms with E-state index in [2.05, 4.69) is 0 Å². The van der Waals surface area contributed by atoms with E-state index in [1.807, 2.05) is 0 Å². The van der Waals surface area contributed by atoms with E-state index >= 15 is 0 Å². The predicted molar refractivity (Wildman–Crippen MR) is 26.8 cm³/mol. The quantitative estimate of drug-likeness (QED) is 0.443. The zero-order valence-electron chi connectivity index (χ0n) is 2.84. The van der Waals surface area contributed by atoms with E-state index in [1.165, 1.54) is 6.92 Å². The molecule has 0 rings (SSSR count). The van der Waals surface area contributed by atoms with Crippen LogP contribution >= 0.6 is 21.0 Å². The molecule has 0 amide bonds. The summed E-state index contributed by atoms with van der Waals surface area (Å²) in [6.45, 7) is 1.52. The molecule has 0 radical (unpaired) electrons. The van der Waals surface area contributed by atoms with E-state index in [0.29, 0.717) is 0 Å². The summed E-state index contributed by atoms with van der Waals surface area (Å²) >= 11 is -3.28. The Morgan fingerprint density at radius 1 is 1.60 bits per heavy atom. The Morgan fingerprint density at radius 2 is 1.80 bits per heavy atom. The van der Waals surface area contributed by atoms with E-state index in [9.17, 15) is 5.72 Å². The van der Waals surface area contributed by atoms with Crippen molar-refractivity contribution in [2.24, 2.45) is 0 Å². The van der Waals surface area contributed by atoms with Crippen molar-refractivity contribution in [1.29, 1.82) is 0 Å². The molecule has 34 valence electrons. The summed E-state index contributed by atoms with van der Waals surface area (Å²) in [4.78, 5) is 0. The standard InChI is InChI=1S/C2H5F2I/c1-2-5(3)4/h2H2,1H3. The van der Waals surface area contributed by atoms with Crippen LogP contribution in [0, 0.1) is 0 Å². The number of hydrogen-bond donors (Lipinski definition) is 0. The van der Waals surface area contributed by atoms with Crippen LogP contribution in [0.3, 0.4) is 0 Å². The molecule has 0 N–H and O–H groups in total. The maximum absolute atomic E-state index is 10.9. The minimum atomic E-state index is -3.28. The van der Waals surface area contributed by atoms with Gasteiger partial charge in [0.05, 0.1) is 0 Å². The fraction of sp³-hybridized carbons (Fsp3) is 1.00. The Labute approximate surface area is 38.5 Å². The Kier molecular flexibility index (Phi) is 3.14. The van der Waals surface area contributed by atoms with Crippen molar-refractivity contribution in [3.63, 3.8) is 0 Å². The summed E-state index contributed by atoms with van der Waals surface area (Å²) in [7, 11) is 0. The average molecular weight is 194 g/mol. The second kappa shape index (κ2) is 2.81. The van der Waals surface area contributed by atoms with Gasteiger partial charge in [-0.25, -0.2) is 0 Å². The summed E-state index contributed by atoms with van der Waals surface area (Å²) in [5, 5.41) is 0. The van der Waals surface area contributed by atoms with Gasteiger partial charge in [0, 0.05) is 0 Å². The van der Waals surface area contributed by atoms with Crippen molar-refractivity contribution in [2.75, 3.05) is 4.43 Å². The van der Waals surface area contributed by atoms with Crippen LogP contribution < -0.4 is 0 Å². The molecule has 0 spiro atoms. The molecule has 0 bridgehead atoms. The summed E-state index contributed by atoms with van der Waals surface area (Å²) in [5.74, 6) is 0. The van der Waals surface area contributed by atoms with Crippen molar-refractivity contribution in [2.45, 2.75) is 6.92 Å². The van der Waals surface area contributed by atoms with Crippen molar-refractivity contribution in [3.05, 3.63) is 0 Å². The molecule has 3 heteroatoms. The van der Waals surface area contributed by atoms with Gasteiger partial charge in [0.25, 0.3) is 0 Å². The van der Waals surface area contributed by atoms with Crippen LogP contribution in [0.15, 0.2) is 0 Å². The summed E-state index contributed by atoms with van der Waals surface area (Å²) in [6, 6.07) is 0. The molecule has 5 heavy (non-hydrogen) atoms. The molecule has 0 aliphatic rings. The summed E-state index contributed by atoms with van der Waals surface area (Å²) in [5.41, 5.74) is 0. The van der Waals surface area contributed by atoms with Gasteiger partial charge >= 0.3 is 38.0 Å². The Balaban J connectivity index is 2.54. The Morgan fingerprint density at radius 3 is 1.80 bits per heavy atom. The molecular weight excluding hydrogens is 189 g/mol. The zero-order chi connectivity index (χ0) is 4.28. The zero-order valence-corrected chi connectivity index (χ0v) is 5.00. The van der Waals surface area contributed by atoms with Gasteiger partial charge in [-0.3, -0.25) is 0 Å². The SMILES string of the molecule is CCI(F)F. The molecule has 0 aromatic rings. The van der Waals surface area contributed by atoms with Gasteiger partial charge in [-0.2, -0.15) is 0 Å². The Bertz CT molecular complexity index is 21.6. The summed E-state index contributed by atoms with van der Waals surface area (Å²) in [6.07, 6.45) is 0. The van der Waals surface area contributed by atoms with E-state index < -0.39 is 21.0 Å². The van der Waals surface area contributed by atoms with Crippen LogP contribution in [0.1, 0.15) is 6.92 Å². The number of alkyl halides is 1. The third-order valence-electron chi connectivity index (χ3n) is 0.202. The van der Waals surface area contributed by atoms with Gasteiger partial charge in [0.2, 0.25) is 0 Å². The van der Waals surface area contributed by atoms with Crippen molar-refractivity contribution >= 4 is 21.0 Å². The van der Waals surface area contributed by atoms with E-state index in [0.717, 1.165) is 0 Å². The molecule has 0 aromatic heterocycles. The predicted octanol–water partition coefficient (Wildman–Crippen LogP) is 2.28. The van der Waals surface area contributed by atoms with Crippen LogP contribution in [0.25, 0.3) is 0 Å². The van der Waals surface area contributed by atoms with E-state index in [1.54, 1.807) is 0 Å². The first-order chi connectivity index (χ1) is 2.27. The second-order valence-electron chi connectivity index (χ2n) is 0.523. The van der Waals surface area contributed by atoms with Crippen molar-refractivity contribution in [1.82, 2.24) is 0 Å². The van der Waals surface area contributed by atoms with E-state index in [-0.39, 0.29) is 4.43 Å². The maximum atomic E-state index is 10.9. The van der Waals surface area contributed by atoms with Crippen molar-refractivity contribution in [3.8, 4) is 0 Å². The number of hydrogen-bond acceptors (Lipinski definition) is 0.